The van der Waals surface area contributed by atoms with Crippen LogP contribution >= 0.6 is 11.6 Å². The molecule has 0 bridgehead atoms. The molecule has 0 spiro atoms. The molecule has 1 aromatic rings. The van der Waals surface area contributed by atoms with Crippen LogP contribution in [0.5, 0.6) is 0 Å². The topological polar surface area (TPSA) is 15.3 Å². The summed E-state index contributed by atoms with van der Waals surface area (Å²) in [6, 6.07) is 5.32. The summed E-state index contributed by atoms with van der Waals surface area (Å²) in [4.78, 5) is 2.36. The third-order valence-electron chi connectivity index (χ3n) is 3.69. The highest BCUT2D eigenvalue weighted by molar-refractivity contribution is 6.30. The molecule has 1 aliphatic heterocycles. The Bertz CT molecular complexity index is 411. The first-order valence-electron chi connectivity index (χ1n) is 7.09. The second-order valence-corrected chi connectivity index (χ2v) is 5.64. The number of rotatable bonds is 6. The Balaban J connectivity index is 1.95. The van der Waals surface area contributed by atoms with Crippen molar-refractivity contribution in [2.75, 3.05) is 19.6 Å². The maximum atomic E-state index is 13.8. The van der Waals surface area contributed by atoms with Gasteiger partial charge in [-0.25, -0.2) is 4.39 Å². The molecule has 19 heavy (non-hydrogen) atoms. The van der Waals surface area contributed by atoms with Gasteiger partial charge >= 0.3 is 0 Å². The summed E-state index contributed by atoms with van der Waals surface area (Å²) < 4.78 is 13.8. The van der Waals surface area contributed by atoms with Crippen molar-refractivity contribution < 1.29 is 4.39 Å². The molecule has 1 aliphatic rings. The number of likely N-dealkylation sites (tertiary alicyclic amines) is 1. The molecule has 106 valence electrons. The molecular formula is C15H22ClFN2. The van der Waals surface area contributed by atoms with Crippen molar-refractivity contribution in [1.82, 2.24) is 10.2 Å². The van der Waals surface area contributed by atoms with Gasteiger partial charge in [-0.15, -0.1) is 0 Å². The summed E-state index contributed by atoms with van der Waals surface area (Å²) in [6.07, 6.45) is 3.54. The van der Waals surface area contributed by atoms with Crippen molar-refractivity contribution in [2.45, 2.75) is 38.8 Å². The zero-order chi connectivity index (χ0) is 13.7. The van der Waals surface area contributed by atoms with Crippen LogP contribution < -0.4 is 5.32 Å². The van der Waals surface area contributed by atoms with E-state index in [0.717, 1.165) is 26.1 Å². The molecule has 1 heterocycles. The molecule has 2 rings (SSSR count). The van der Waals surface area contributed by atoms with Crippen molar-refractivity contribution in [2.24, 2.45) is 0 Å². The van der Waals surface area contributed by atoms with Gasteiger partial charge in [0.1, 0.15) is 5.82 Å². The third kappa shape index (κ3) is 4.16. The van der Waals surface area contributed by atoms with Gasteiger partial charge in [-0.3, -0.25) is 4.90 Å². The summed E-state index contributed by atoms with van der Waals surface area (Å²) >= 11 is 5.94. The average molecular weight is 285 g/mol. The molecule has 0 aliphatic carbocycles. The number of halogens is 2. The Kier molecular flexibility index (Phi) is 5.61. The number of nitrogens with one attached hydrogen (secondary N) is 1. The normalized spacial score (nSPS) is 20.1. The van der Waals surface area contributed by atoms with Gasteiger partial charge < -0.3 is 5.32 Å². The minimum absolute atomic E-state index is 0.156. The monoisotopic (exact) mass is 284 g/mol. The van der Waals surface area contributed by atoms with Gasteiger partial charge in [0.15, 0.2) is 0 Å². The predicted octanol–water partition coefficient (Wildman–Crippen LogP) is 3.44. The van der Waals surface area contributed by atoms with Crippen LogP contribution in [-0.4, -0.2) is 30.6 Å². The Labute approximate surface area is 119 Å². The van der Waals surface area contributed by atoms with E-state index in [0.29, 0.717) is 23.2 Å². The van der Waals surface area contributed by atoms with Crippen molar-refractivity contribution >= 4 is 11.6 Å². The van der Waals surface area contributed by atoms with Crippen LogP contribution in [0, 0.1) is 5.82 Å². The number of hydrogen-bond acceptors (Lipinski definition) is 2. The lowest BCUT2D eigenvalue weighted by Crippen LogP contribution is -2.37. The Morgan fingerprint density at radius 3 is 3.11 bits per heavy atom. The van der Waals surface area contributed by atoms with Crippen molar-refractivity contribution in [3.63, 3.8) is 0 Å². The Morgan fingerprint density at radius 2 is 2.32 bits per heavy atom. The summed E-state index contributed by atoms with van der Waals surface area (Å²) in [7, 11) is 0. The van der Waals surface area contributed by atoms with Crippen LogP contribution in [0.25, 0.3) is 0 Å². The lowest BCUT2D eigenvalue weighted by molar-refractivity contribution is 0.236. The highest BCUT2D eigenvalue weighted by Crippen LogP contribution is 2.22. The predicted molar refractivity (Wildman–Crippen MR) is 78.0 cm³/mol. The van der Waals surface area contributed by atoms with E-state index < -0.39 is 0 Å². The lowest BCUT2D eigenvalue weighted by Gasteiger charge is -2.25. The smallest absolute Gasteiger partial charge is 0.127 e. The van der Waals surface area contributed by atoms with E-state index >= 15 is 0 Å². The minimum atomic E-state index is -0.156. The molecule has 0 radical (unpaired) electrons. The van der Waals surface area contributed by atoms with Gasteiger partial charge in [0.2, 0.25) is 0 Å². The van der Waals surface area contributed by atoms with Crippen LogP contribution in [0.4, 0.5) is 4.39 Å². The summed E-state index contributed by atoms with van der Waals surface area (Å²) in [5.74, 6) is -0.156. The molecule has 1 N–H and O–H groups in total. The molecule has 1 fully saturated rings. The highest BCUT2D eigenvalue weighted by atomic mass is 35.5. The molecular weight excluding hydrogens is 263 g/mol. The molecule has 0 amide bonds. The van der Waals surface area contributed by atoms with Gasteiger partial charge in [-0.05, 0) is 50.6 Å². The van der Waals surface area contributed by atoms with E-state index in [9.17, 15) is 4.39 Å². The zero-order valence-corrected chi connectivity index (χ0v) is 12.2. The van der Waals surface area contributed by atoms with Gasteiger partial charge in [-0.1, -0.05) is 18.5 Å². The lowest BCUT2D eigenvalue weighted by atomic mass is 10.1. The van der Waals surface area contributed by atoms with Crippen LogP contribution in [0.3, 0.4) is 0 Å². The van der Waals surface area contributed by atoms with E-state index in [4.69, 9.17) is 11.6 Å². The average Bonchev–Trinajstić information content (AvgIpc) is 2.82. The molecule has 0 aromatic heterocycles. The molecule has 4 heteroatoms. The molecule has 1 aromatic carbocycles. The van der Waals surface area contributed by atoms with Gasteiger partial charge in [0.25, 0.3) is 0 Å². The van der Waals surface area contributed by atoms with E-state index in [1.54, 1.807) is 12.1 Å². The Morgan fingerprint density at radius 1 is 1.47 bits per heavy atom. The maximum absolute atomic E-state index is 13.8. The molecule has 1 saturated heterocycles. The Hall–Kier alpha value is -0.640. The van der Waals surface area contributed by atoms with Crippen LogP contribution in [0.15, 0.2) is 18.2 Å². The van der Waals surface area contributed by atoms with Gasteiger partial charge in [0, 0.05) is 29.7 Å². The number of nitrogens with zero attached hydrogens (tertiary/aromatic N) is 1. The minimum Gasteiger partial charge on any atom is -0.315 e. The van der Waals surface area contributed by atoms with Crippen LogP contribution in [-0.2, 0) is 6.54 Å². The van der Waals surface area contributed by atoms with Crippen LogP contribution in [0.1, 0.15) is 31.7 Å². The largest absolute Gasteiger partial charge is 0.315 e. The highest BCUT2D eigenvalue weighted by Gasteiger charge is 2.24. The third-order valence-corrected chi connectivity index (χ3v) is 3.92. The van der Waals surface area contributed by atoms with Gasteiger partial charge in [0.05, 0.1) is 0 Å². The SMILES string of the molecule is CCCNCC1CCCN1Cc1cc(Cl)ccc1F. The first-order valence-corrected chi connectivity index (χ1v) is 7.47. The van der Waals surface area contributed by atoms with E-state index in [-0.39, 0.29) is 5.82 Å². The van der Waals surface area contributed by atoms with Crippen LogP contribution in [0.2, 0.25) is 5.02 Å². The van der Waals surface area contributed by atoms with Crippen molar-refractivity contribution in [3.05, 3.63) is 34.6 Å². The first kappa shape index (κ1) is 14.8. The summed E-state index contributed by atoms with van der Waals surface area (Å²) in [5, 5.41) is 4.06. The number of hydrogen-bond donors (Lipinski definition) is 1. The fraction of sp³-hybridized carbons (Fsp3) is 0.600. The number of benzene rings is 1. The van der Waals surface area contributed by atoms with Gasteiger partial charge in [-0.2, -0.15) is 0 Å². The van der Waals surface area contributed by atoms with E-state index in [1.807, 2.05) is 0 Å². The summed E-state index contributed by atoms with van der Waals surface area (Å²) in [5.41, 5.74) is 0.704. The second-order valence-electron chi connectivity index (χ2n) is 5.21. The first-order chi connectivity index (χ1) is 9.20. The summed E-state index contributed by atoms with van der Waals surface area (Å²) in [6.45, 7) is 5.92. The quantitative estimate of drug-likeness (QED) is 0.805. The second kappa shape index (κ2) is 7.22. The zero-order valence-electron chi connectivity index (χ0n) is 11.5. The fourth-order valence-corrected chi connectivity index (χ4v) is 2.86. The maximum Gasteiger partial charge on any atom is 0.127 e. The van der Waals surface area contributed by atoms with E-state index in [1.165, 1.54) is 18.9 Å². The van der Waals surface area contributed by atoms with Crippen molar-refractivity contribution in [3.8, 4) is 0 Å². The van der Waals surface area contributed by atoms with Crippen molar-refractivity contribution in [1.29, 1.82) is 0 Å². The van der Waals surface area contributed by atoms with E-state index in [2.05, 4.69) is 17.1 Å². The molecule has 0 saturated carbocycles. The fourth-order valence-electron chi connectivity index (χ4n) is 2.66. The molecule has 1 atom stereocenters. The molecule has 2 nitrogen and oxygen atoms in total. The molecule has 1 unspecified atom stereocenters. The standard InChI is InChI=1S/C15H22ClFN2/c1-2-7-18-10-14-4-3-8-19(14)11-12-9-13(16)5-6-15(12)17/h5-6,9,14,18H,2-4,7-8,10-11H2,1H3.